The molecule has 0 aliphatic carbocycles. The van der Waals surface area contributed by atoms with Crippen LogP contribution >= 0.6 is 11.6 Å². The Balaban J connectivity index is 1.71. The van der Waals surface area contributed by atoms with Gasteiger partial charge in [0.2, 0.25) is 0 Å². The molecule has 3 rings (SSSR count). The van der Waals surface area contributed by atoms with Gasteiger partial charge in [0.15, 0.2) is 15.2 Å². The maximum absolute atomic E-state index is 12.4. The topological polar surface area (TPSA) is 58.5 Å². The lowest BCUT2D eigenvalue weighted by Crippen LogP contribution is -2.28. The number of hydrogen-bond donors (Lipinski definition) is 1. The second kappa shape index (κ2) is 6.56. The molecule has 0 fully saturated rings. The average molecular weight is 347 g/mol. The van der Waals surface area contributed by atoms with Crippen LogP contribution in [0.25, 0.3) is 6.08 Å². The predicted octanol–water partition coefficient (Wildman–Crippen LogP) is 3.45. The van der Waals surface area contributed by atoms with Gasteiger partial charge in [-0.15, -0.1) is 0 Å². The molecule has 1 heterocycles. The minimum absolute atomic E-state index is 0.323. The molecule has 1 aliphatic heterocycles. The number of hydrogen-bond acceptors (Lipinski definition) is 4. The van der Waals surface area contributed by atoms with Crippen molar-refractivity contribution in [3.63, 3.8) is 0 Å². The molecule has 23 heavy (non-hydrogen) atoms. The molecule has 0 spiro atoms. The zero-order valence-corrected chi connectivity index (χ0v) is 13.8. The quantitative estimate of drug-likeness (QED) is 0.922. The summed E-state index contributed by atoms with van der Waals surface area (Å²) in [6.45, 7) is 0. The molecule has 6 heteroatoms. The number of rotatable bonds is 4. The standard InChI is InChI=1S/C17H15ClN2O2S/c18-15-8-6-14(7-9-15)16-12-17(20-19-16)23(21,22)11-10-13-4-2-1-3-5-13/h1-11,17,20H,12H2/b11-10+/t17-/m0/s1. The summed E-state index contributed by atoms with van der Waals surface area (Å²) in [6.07, 6.45) is 1.92. The number of benzene rings is 2. The van der Waals surface area contributed by atoms with Gasteiger partial charge in [-0.1, -0.05) is 54.1 Å². The molecule has 2 aromatic carbocycles. The second-order valence-corrected chi connectivity index (χ2v) is 7.65. The minimum Gasteiger partial charge on any atom is -0.291 e. The Hall–Kier alpha value is -2.11. The van der Waals surface area contributed by atoms with Crippen LogP contribution in [0.5, 0.6) is 0 Å². The van der Waals surface area contributed by atoms with Crippen molar-refractivity contribution >= 4 is 33.2 Å². The third-order valence-electron chi connectivity index (χ3n) is 3.55. The molecule has 1 atom stereocenters. The minimum atomic E-state index is -3.44. The molecule has 4 nitrogen and oxygen atoms in total. The first-order valence-corrected chi connectivity index (χ1v) is 9.08. The maximum Gasteiger partial charge on any atom is 0.194 e. The first-order valence-electron chi connectivity index (χ1n) is 7.10. The van der Waals surface area contributed by atoms with Crippen molar-refractivity contribution in [3.8, 4) is 0 Å². The van der Waals surface area contributed by atoms with Gasteiger partial charge in [-0.25, -0.2) is 8.42 Å². The van der Waals surface area contributed by atoms with E-state index in [9.17, 15) is 8.42 Å². The molecule has 0 unspecified atom stereocenters. The van der Waals surface area contributed by atoms with E-state index in [-0.39, 0.29) is 0 Å². The zero-order chi connectivity index (χ0) is 16.3. The van der Waals surface area contributed by atoms with E-state index in [0.29, 0.717) is 17.2 Å². The van der Waals surface area contributed by atoms with Crippen molar-refractivity contribution in [2.75, 3.05) is 0 Å². The van der Waals surface area contributed by atoms with Crippen LogP contribution in [0.4, 0.5) is 0 Å². The van der Waals surface area contributed by atoms with Crippen LogP contribution in [0.3, 0.4) is 0 Å². The molecular formula is C17H15ClN2O2S. The molecule has 0 bridgehead atoms. The van der Waals surface area contributed by atoms with Crippen LogP contribution in [-0.4, -0.2) is 19.5 Å². The van der Waals surface area contributed by atoms with Gasteiger partial charge in [-0.3, -0.25) is 5.43 Å². The van der Waals surface area contributed by atoms with Crippen LogP contribution < -0.4 is 5.43 Å². The highest BCUT2D eigenvalue weighted by Crippen LogP contribution is 2.19. The monoisotopic (exact) mass is 346 g/mol. The number of nitrogens with one attached hydrogen (secondary N) is 1. The average Bonchev–Trinajstić information content (AvgIpc) is 3.06. The fraction of sp³-hybridized carbons (Fsp3) is 0.118. The highest BCUT2D eigenvalue weighted by Gasteiger charge is 2.29. The van der Waals surface area contributed by atoms with Crippen molar-refractivity contribution in [3.05, 3.63) is 76.2 Å². The van der Waals surface area contributed by atoms with Gasteiger partial charge in [-0.05, 0) is 29.3 Å². The Bertz CT molecular complexity index is 844. The fourth-order valence-electron chi connectivity index (χ4n) is 2.26. The van der Waals surface area contributed by atoms with Crippen LogP contribution in [0, 0.1) is 0 Å². The summed E-state index contributed by atoms with van der Waals surface area (Å²) in [6, 6.07) is 16.5. The van der Waals surface area contributed by atoms with Gasteiger partial charge in [-0.2, -0.15) is 5.10 Å². The van der Waals surface area contributed by atoms with Crippen molar-refractivity contribution in [2.45, 2.75) is 11.8 Å². The highest BCUT2D eigenvalue weighted by atomic mass is 35.5. The Morgan fingerprint density at radius 2 is 1.78 bits per heavy atom. The lowest BCUT2D eigenvalue weighted by atomic mass is 10.1. The smallest absolute Gasteiger partial charge is 0.194 e. The highest BCUT2D eigenvalue weighted by molar-refractivity contribution is 7.95. The number of halogens is 1. The van der Waals surface area contributed by atoms with Gasteiger partial charge in [0, 0.05) is 16.9 Å². The largest absolute Gasteiger partial charge is 0.291 e. The molecule has 0 saturated heterocycles. The summed E-state index contributed by atoms with van der Waals surface area (Å²) in [5, 5.41) is 5.28. The van der Waals surface area contributed by atoms with Gasteiger partial charge < -0.3 is 0 Å². The van der Waals surface area contributed by atoms with Crippen molar-refractivity contribution in [2.24, 2.45) is 5.10 Å². The third kappa shape index (κ3) is 3.81. The summed E-state index contributed by atoms with van der Waals surface area (Å²) in [5.74, 6) is 0. The van der Waals surface area contributed by atoms with Crippen LogP contribution in [-0.2, 0) is 9.84 Å². The van der Waals surface area contributed by atoms with Gasteiger partial charge in [0.05, 0.1) is 5.71 Å². The zero-order valence-electron chi connectivity index (χ0n) is 12.2. The van der Waals surface area contributed by atoms with Crippen LogP contribution in [0.2, 0.25) is 5.02 Å². The van der Waals surface area contributed by atoms with Crippen molar-refractivity contribution < 1.29 is 8.42 Å². The van der Waals surface area contributed by atoms with Crippen LogP contribution in [0.15, 0.2) is 65.1 Å². The molecule has 1 N–H and O–H groups in total. The molecule has 118 valence electrons. The van der Waals surface area contributed by atoms with Crippen molar-refractivity contribution in [1.29, 1.82) is 0 Å². The normalized spacial score (nSPS) is 18.0. The Kier molecular flexibility index (Phi) is 4.50. The van der Waals surface area contributed by atoms with Crippen LogP contribution in [0.1, 0.15) is 17.5 Å². The molecule has 0 amide bonds. The second-order valence-electron chi connectivity index (χ2n) is 5.19. The van der Waals surface area contributed by atoms with E-state index in [1.807, 2.05) is 42.5 Å². The van der Waals surface area contributed by atoms with E-state index >= 15 is 0 Å². The first kappa shape index (κ1) is 15.8. The third-order valence-corrected chi connectivity index (χ3v) is 5.38. The Labute approximate surface area is 140 Å². The van der Waals surface area contributed by atoms with Gasteiger partial charge >= 0.3 is 0 Å². The van der Waals surface area contributed by atoms with E-state index in [2.05, 4.69) is 10.5 Å². The first-order chi connectivity index (χ1) is 11.0. The number of nitrogens with zero attached hydrogens (tertiary/aromatic N) is 1. The van der Waals surface area contributed by atoms with E-state index in [0.717, 1.165) is 11.1 Å². The molecule has 0 saturated carbocycles. The molecule has 1 aliphatic rings. The van der Waals surface area contributed by atoms with E-state index in [1.165, 1.54) is 5.41 Å². The summed E-state index contributed by atoms with van der Waals surface area (Å²) >= 11 is 5.86. The SMILES string of the molecule is O=S(=O)(/C=C/c1ccccc1)[C@H]1CC(c2ccc(Cl)cc2)=NN1. The summed E-state index contributed by atoms with van der Waals surface area (Å²) < 4.78 is 24.8. The molecular weight excluding hydrogens is 332 g/mol. The van der Waals surface area contributed by atoms with E-state index in [1.54, 1.807) is 18.2 Å². The fourth-order valence-corrected chi connectivity index (χ4v) is 3.52. The lowest BCUT2D eigenvalue weighted by molar-refractivity contribution is 0.577. The Morgan fingerprint density at radius 3 is 2.48 bits per heavy atom. The van der Waals surface area contributed by atoms with Crippen molar-refractivity contribution in [1.82, 2.24) is 5.43 Å². The summed E-state index contributed by atoms with van der Waals surface area (Å²) in [5.41, 5.74) is 5.13. The Morgan fingerprint density at radius 1 is 1.09 bits per heavy atom. The molecule has 0 radical (unpaired) electrons. The number of sulfone groups is 1. The van der Waals surface area contributed by atoms with Gasteiger partial charge in [0.25, 0.3) is 0 Å². The van der Waals surface area contributed by atoms with E-state index in [4.69, 9.17) is 11.6 Å². The predicted molar refractivity (Wildman–Crippen MR) is 93.9 cm³/mol. The molecule has 0 aromatic heterocycles. The maximum atomic E-state index is 12.4. The molecule has 2 aromatic rings. The number of hydrazone groups is 1. The van der Waals surface area contributed by atoms with E-state index < -0.39 is 15.2 Å². The van der Waals surface area contributed by atoms with Gasteiger partial charge in [0.1, 0.15) is 0 Å². The lowest BCUT2D eigenvalue weighted by Gasteiger charge is -2.07. The summed E-state index contributed by atoms with van der Waals surface area (Å²) in [4.78, 5) is 0. The summed E-state index contributed by atoms with van der Waals surface area (Å²) in [7, 11) is -3.44.